The highest BCUT2D eigenvalue weighted by atomic mass is 79.9. The normalized spacial score (nSPS) is 11.7. The van der Waals surface area contributed by atoms with Crippen LogP contribution in [-0.4, -0.2) is 10.1 Å². The van der Waals surface area contributed by atoms with E-state index in [2.05, 4.69) is 20.9 Å². The summed E-state index contributed by atoms with van der Waals surface area (Å²) in [6.45, 7) is 3.30. The Morgan fingerprint density at radius 1 is 1.58 bits per heavy atom. The molecule has 0 unspecified atom stereocenters. The van der Waals surface area contributed by atoms with Gasteiger partial charge in [0, 0.05) is 10.7 Å². The fourth-order valence-electron chi connectivity index (χ4n) is 0.966. The van der Waals surface area contributed by atoms with E-state index in [4.69, 9.17) is 5.73 Å². The van der Waals surface area contributed by atoms with Crippen molar-refractivity contribution in [3.8, 4) is 0 Å². The molecule has 0 atom stereocenters. The predicted octanol–water partition coefficient (Wildman–Crippen LogP) is 1.65. The van der Waals surface area contributed by atoms with Crippen LogP contribution in [-0.2, 0) is 5.60 Å². The van der Waals surface area contributed by atoms with Gasteiger partial charge in [0.25, 0.3) is 0 Å². The van der Waals surface area contributed by atoms with Gasteiger partial charge in [-0.05, 0) is 35.8 Å². The highest BCUT2D eigenvalue weighted by Gasteiger charge is 2.20. The van der Waals surface area contributed by atoms with Crippen LogP contribution in [0, 0.1) is 0 Å². The lowest BCUT2D eigenvalue weighted by molar-refractivity contribution is 0.0747. The Bertz CT molecular complexity index is 294. The maximum atomic E-state index is 9.60. The van der Waals surface area contributed by atoms with Gasteiger partial charge in [-0.2, -0.15) is 0 Å². The van der Waals surface area contributed by atoms with Crippen molar-refractivity contribution in [2.24, 2.45) is 0 Å². The standard InChI is InChI=1S/C8H11BrN2O/c1-8(2,12)7-6(10)3-5(9)4-11-7/h3-4,12H,10H2,1-2H3. The zero-order valence-corrected chi connectivity index (χ0v) is 8.59. The average molecular weight is 231 g/mol. The van der Waals surface area contributed by atoms with Crippen molar-refractivity contribution in [1.82, 2.24) is 4.98 Å². The zero-order valence-electron chi connectivity index (χ0n) is 7.00. The van der Waals surface area contributed by atoms with Crippen LogP contribution in [0.1, 0.15) is 19.5 Å². The maximum Gasteiger partial charge on any atom is 0.103 e. The molecule has 0 aliphatic heterocycles. The highest BCUT2D eigenvalue weighted by Crippen LogP contribution is 2.25. The molecular weight excluding hydrogens is 220 g/mol. The lowest BCUT2D eigenvalue weighted by Crippen LogP contribution is -2.19. The van der Waals surface area contributed by atoms with Crippen molar-refractivity contribution in [2.75, 3.05) is 5.73 Å². The first-order valence-corrected chi connectivity index (χ1v) is 4.34. The molecule has 0 aromatic carbocycles. The van der Waals surface area contributed by atoms with E-state index in [1.807, 2.05) is 0 Å². The van der Waals surface area contributed by atoms with Gasteiger partial charge >= 0.3 is 0 Å². The molecule has 0 saturated heterocycles. The van der Waals surface area contributed by atoms with Gasteiger partial charge in [0.1, 0.15) is 5.60 Å². The topological polar surface area (TPSA) is 59.1 Å². The summed E-state index contributed by atoms with van der Waals surface area (Å²) in [5, 5.41) is 9.60. The van der Waals surface area contributed by atoms with E-state index in [1.54, 1.807) is 26.1 Å². The van der Waals surface area contributed by atoms with Crippen LogP contribution >= 0.6 is 15.9 Å². The maximum absolute atomic E-state index is 9.60. The summed E-state index contributed by atoms with van der Waals surface area (Å²) < 4.78 is 0.813. The fourth-order valence-corrected chi connectivity index (χ4v) is 1.32. The summed E-state index contributed by atoms with van der Waals surface area (Å²) in [6.07, 6.45) is 1.61. The molecule has 0 amide bonds. The molecule has 0 spiro atoms. The van der Waals surface area contributed by atoms with E-state index >= 15 is 0 Å². The SMILES string of the molecule is CC(C)(O)c1ncc(Br)cc1N. The molecule has 4 heteroatoms. The minimum Gasteiger partial charge on any atom is -0.397 e. The molecule has 1 aromatic heterocycles. The first kappa shape index (κ1) is 9.48. The third-order valence-corrected chi connectivity index (χ3v) is 1.90. The number of aromatic nitrogens is 1. The molecule has 3 nitrogen and oxygen atoms in total. The summed E-state index contributed by atoms with van der Waals surface area (Å²) in [4.78, 5) is 4.03. The van der Waals surface area contributed by atoms with Gasteiger partial charge in [0.2, 0.25) is 0 Å². The van der Waals surface area contributed by atoms with Crippen molar-refractivity contribution in [3.05, 3.63) is 22.4 Å². The first-order valence-electron chi connectivity index (χ1n) is 3.55. The van der Waals surface area contributed by atoms with Crippen LogP contribution in [0.5, 0.6) is 0 Å². The highest BCUT2D eigenvalue weighted by molar-refractivity contribution is 9.10. The summed E-state index contributed by atoms with van der Waals surface area (Å²) in [6, 6.07) is 1.72. The number of pyridine rings is 1. The van der Waals surface area contributed by atoms with E-state index in [1.165, 1.54) is 0 Å². The van der Waals surface area contributed by atoms with E-state index in [9.17, 15) is 5.11 Å². The van der Waals surface area contributed by atoms with Crippen LogP contribution in [0.2, 0.25) is 0 Å². The van der Waals surface area contributed by atoms with E-state index in [-0.39, 0.29) is 0 Å². The molecule has 0 aliphatic carbocycles. The monoisotopic (exact) mass is 230 g/mol. The Hall–Kier alpha value is -0.610. The van der Waals surface area contributed by atoms with Gasteiger partial charge in [-0.25, -0.2) is 0 Å². The van der Waals surface area contributed by atoms with Crippen molar-refractivity contribution in [3.63, 3.8) is 0 Å². The van der Waals surface area contributed by atoms with Crippen molar-refractivity contribution < 1.29 is 5.11 Å². The first-order chi connectivity index (χ1) is 5.41. The van der Waals surface area contributed by atoms with Crippen molar-refractivity contribution in [2.45, 2.75) is 19.4 Å². The van der Waals surface area contributed by atoms with Gasteiger partial charge in [0.15, 0.2) is 0 Å². The number of nitrogens with zero attached hydrogens (tertiary/aromatic N) is 1. The van der Waals surface area contributed by atoms with Gasteiger partial charge in [0.05, 0.1) is 11.4 Å². The Labute approximate surface area is 79.7 Å². The molecule has 3 N–H and O–H groups in total. The molecule has 66 valence electrons. The molecule has 0 fully saturated rings. The third kappa shape index (κ3) is 1.95. The van der Waals surface area contributed by atoms with Crippen LogP contribution < -0.4 is 5.73 Å². The summed E-state index contributed by atoms with van der Waals surface area (Å²) in [5.74, 6) is 0. The van der Waals surface area contributed by atoms with Crippen LogP contribution in [0.25, 0.3) is 0 Å². The summed E-state index contributed by atoms with van der Waals surface area (Å²) in [5.41, 5.74) is 5.68. The third-order valence-electron chi connectivity index (χ3n) is 1.46. The lowest BCUT2D eigenvalue weighted by atomic mass is 10.0. The number of rotatable bonds is 1. The molecule has 0 radical (unpaired) electrons. The number of hydrogen-bond donors (Lipinski definition) is 2. The van der Waals surface area contributed by atoms with E-state index < -0.39 is 5.60 Å². The Balaban J connectivity index is 3.19. The fraction of sp³-hybridized carbons (Fsp3) is 0.375. The molecule has 0 aliphatic rings. The van der Waals surface area contributed by atoms with Gasteiger partial charge in [-0.1, -0.05) is 0 Å². The van der Waals surface area contributed by atoms with E-state index in [0.717, 1.165) is 4.47 Å². The molecule has 0 bridgehead atoms. The molecular formula is C8H11BrN2O. The number of halogens is 1. The van der Waals surface area contributed by atoms with Crippen LogP contribution in [0.4, 0.5) is 5.69 Å². The molecule has 1 heterocycles. The Kier molecular flexibility index (Phi) is 2.39. The van der Waals surface area contributed by atoms with E-state index in [0.29, 0.717) is 11.4 Å². The van der Waals surface area contributed by atoms with Gasteiger partial charge in [-0.15, -0.1) is 0 Å². The number of aliphatic hydroxyl groups is 1. The average Bonchev–Trinajstić information content (AvgIpc) is 1.83. The Morgan fingerprint density at radius 2 is 2.17 bits per heavy atom. The van der Waals surface area contributed by atoms with Crippen LogP contribution in [0.15, 0.2) is 16.7 Å². The number of anilines is 1. The van der Waals surface area contributed by atoms with Crippen molar-refractivity contribution in [1.29, 1.82) is 0 Å². The van der Waals surface area contributed by atoms with Crippen LogP contribution in [0.3, 0.4) is 0 Å². The molecule has 0 saturated carbocycles. The molecule has 1 rings (SSSR count). The lowest BCUT2D eigenvalue weighted by Gasteiger charge is -2.18. The summed E-state index contributed by atoms with van der Waals surface area (Å²) in [7, 11) is 0. The zero-order chi connectivity index (χ0) is 9.35. The second-order valence-electron chi connectivity index (χ2n) is 3.15. The predicted molar refractivity (Wildman–Crippen MR) is 51.6 cm³/mol. The number of hydrogen-bond acceptors (Lipinski definition) is 3. The number of nitrogen functional groups attached to an aromatic ring is 1. The second-order valence-corrected chi connectivity index (χ2v) is 4.07. The van der Waals surface area contributed by atoms with Crippen molar-refractivity contribution >= 4 is 21.6 Å². The minimum absolute atomic E-state index is 0.497. The Morgan fingerprint density at radius 3 is 2.58 bits per heavy atom. The van der Waals surface area contributed by atoms with Gasteiger partial charge < -0.3 is 10.8 Å². The summed E-state index contributed by atoms with van der Waals surface area (Å²) >= 11 is 3.24. The second kappa shape index (κ2) is 3.03. The van der Waals surface area contributed by atoms with Gasteiger partial charge in [-0.3, -0.25) is 4.98 Å². The quantitative estimate of drug-likeness (QED) is 0.772. The molecule has 1 aromatic rings. The molecule has 12 heavy (non-hydrogen) atoms. The number of nitrogens with two attached hydrogens (primary N) is 1. The minimum atomic E-state index is -0.981. The smallest absolute Gasteiger partial charge is 0.103 e. The largest absolute Gasteiger partial charge is 0.397 e.